The molecule has 0 aliphatic heterocycles. The predicted molar refractivity (Wildman–Crippen MR) is 151 cm³/mol. The highest BCUT2D eigenvalue weighted by atomic mass is 16.5. The second-order valence-electron chi connectivity index (χ2n) is 11.6. The molecule has 2 aromatic heterocycles. The van der Waals surface area contributed by atoms with Gasteiger partial charge < -0.3 is 19.6 Å². The summed E-state index contributed by atoms with van der Waals surface area (Å²) in [6.07, 6.45) is 2.01. The average Bonchev–Trinajstić information content (AvgIpc) is 3.42. The summed E-state index contributed by atoms with van der Waals surface area (Å²) in [6, 6.07) is 16.3. The lowest BCUT2D eigenvalue weighted by Gasteiger charge is -2.28. The zero-order chi connectivity index (χ0) is 26.7. The fraction of sp³-hybridized carbons (Fsp3) is 0.323. The van der Waals surface area contributed by atoms with E-state index in [4.69, 9.17) is 14.5 Å². The summed E-state index contributed by atoms with van der Waals surface area (Å²) in [5, 5.41) is 12.5. The third kappa shape index (κ3) is 4.10. The molecule has 0 atom stereocenters. The first-order valence-corrected chi connectivity index (χ1v) is 12.5. The fourth-order valence-corrected chi connectivity index (χ4v) is 4.99. The van der Waals surface area contributed by atoms with Crippen molar-refractivity contribution >= 4 is 21.9 Å². The maximum atomic E-state index is 11.4. The highest BCUT2D eigenvalue weighted by Gasteiger charge is 2.28. The van der Waals surface area contributed by atoms with Crippen LogP contribution in [0.25, 0.3) is 39.0 Å². The molecule has 0 saturated carbocycles. The van der Waals surface area contributed by atoms with Gasteiger partial charge in [-0.25, -0.2) is 4.98 Å². The molecule has 0 bridgehead atoms. The van der Waals surface area contributed by atoms with Crippen molar-refractivity contribution in [2.75, 3.05) is 14.2 Å². The Morgan fingerprint density at radius 3 is 2.03 bits per heavy atom. The van der Waals surface area contributed by atoms with Crippen LogP contribution in [0.1, 0.15) is 52.7 Å². The predicted octanol–water partition coefficient (Wildman–Crippen LogP) is 7.49. The molecule has 6 heteroatoms. The lowest BCUT2D eigenvalue weighted by atomic mass is 9.79. The second kappa shape index (κ2) is 8.58. The van der Waals surface area contributed by atoms with Gasteiger partial charge in [0.2, 0.25) is 0 Å². The zero-order valence-corrected chi connectivity index (χ0v) is 22.9. The molecule has 3 aromatic carbocycles. The van der Waals surface area contributed by atoms with Crippen molar-refractivity contribution in [1.29, 1.82) is 0 Å². The molecule has 5 rings (SSSR count). The number of aromatic hydroxyl groups is 1. The van der Waals surface area contributed by atoms with E-state index in [1.54, 1.807) is 14.2 Å². The van der Waals surface area contributed by atoms with Gasteiger partial charge in [0.05, 0.1) is 25.3 Å². The third-order valence-corrected chi connectivity index (χ3v) is 6.96. The summed E-state index contributed by atoms with van der Waals surface area (Å²) in [4.78, 5) is 8.51. The number of benzene rings is 3. The van der Waals surface area contributed by atoms with Crippen LogP contribution in [0, 0.1) is 0 Å². The van der Waals surface area contributed by atoms with Gasteiger partial charge in [0.1, 0.15) is 11.6 Å². The van der Waals surface area contributed by atoms with E-state index in [0.717, 1.165) is 50.1 Å². The van der Waals surface area contributed by atoms with Gasteiger partial charge in [0.25, 0.3) is 0 Å². The highest BCUT2D eigenvalue weighted by Crippen LogP contribution is 2.43. The number of H-pyrrole nitrogens is 1. The average molecular weight is 498 g/mol. The van der Waals surface area contributed by atoms with Crippen LogP contribution in [0.4, 0.5) is 0 Å². The summed E-state index contributed by atoms with van der Waals surface area (Å²) in [5.41, 5.74) is 5.91. The number of rotatable bonds is 4. The molecule has 0 unspecified atom stereocenters. The van der Waals surface area contributed by atoms with Gasteiger partial charge in [0, 0.05) is 51.6 Å². The Bertz CT molecular complexity index is 1590. The van der Waals surface area contributed by atoms with Gasteiger partial charge in [0.15, 0.2) is 11.5 Å². The van der Waals surface area contributed by atoms with Crippen LogP contribution in [-0.4, -0.2) is 33.9 Å². The van der Waals surface area contributed by atoms with E-state index in [1.807, 2.05) is 30.5 Å². The Morgan fingerprint density at radius 2 is 1.43 bits per heavy atom. The number of nitrogens with one attached hydrogen (secondary N) is 1. The number of fused-ring (bicyclic) bond motifs is 2. The molecule has 2 N–H and O–H groups in total. The van der Waals surface area contributed by atoms with Crippen LogP contribution in [0.15, 0.2) is 54.7 Å². The number of para-hydroxylation sites is 1. The van der Waals surface area contributed by atoms with E-state index in [9.17, 15) is 5.11 Å². The summed E-state index contributed by atoms with van der Waals surface area (Å²) < 4.78 is 13.4. The van der Waals surface area contributed by atoms with Crippen LogP contribution in [0.5, 0.6) is 17.2 Å². The number of ether oxygens (including phenoxy) is 2. The first-order valence-electron chi connectivity index (χ1n) is 12.5. The number of aromatic amines is 1. The minimum Gasteiger partial charge on any atom is -0.507 e. The number of phenols is 1. The minimum atomic E-state index is -0.266. The molecule has 37 heavy (non-hydrogen) atoms. The van der Waals surface area contributed by atoms with Crippen LogP contribution in [0.2, 0.25) is 0 Å². The maximum Gasteiger partial charge on any atom is 0.163 e. The number of phenolic OH excluding ortho intramolecular Hbond substituents is 1. The first kappa shape index (κ1) is 24.8. The van der Waals surface area contributed by atoms with Crippen molar-refractivity contribution in [3.8, 4) is 34.3 Å². The van der Waals surface area contributed by atoms with Crippen molar-refractivity contribution in [3.63, 3.8) is 0 Å². The van der Waals surface area contributed by atoms with E-state index in [1.165, 1.54) is 0 Å². The van der Waals surface area contributed by atoms with E-state index in [-0.39, 0.29) is 10.8 Å². The maximum absolute atomic E-state index is 11.4. The molecule has 192 valence electrons. The van der Waals surface area contributed by atoms with E-state index in [0.29, 0.717) is 17.2 Å². The molecule has 5 aromatic rings. The van der Waals surface area contributed by atoms with Gasteiger partial charge in [-0.1, -0.05) is 59.7 Å². The van der Waals surface area contributed by atoms with Crippen LogP contribution in [0.3, 0.4) is 0 Å². The summed E-state index contributed by atoms with van der Waals surface area (Å²) in [7, 11) is 3.27. The number of hydrogen-bond acceptors (Lipinski definition) is 4. The van der Waals surface area contributed by atoms with E-state index < -0.39 is 0 Å². The van der Waals surface area contributed by atoms with Gasteiger partial charge in [-0.3, -0.25) is 4.57 Å². The Morgan fingerprint density at radius 1 is 0.838 bits per heavy atom. The number of methoxy groups -OCH3 is 2. The largest absolute Gasteiger partial charge is 0.507 e. The van der Waals surface area contributed by atoms with Gasteiger partial charge in [-0.15, -0.1) is 0 Å². The topological polar surface area (TPSA) is 72.3 Å². The van der Waals surface area contributed by atoms with Crippen molar-refractivity contribution in [3.05, 3.63) is 65.9 Å². The Balaban J connectivity index is 1.93. The standard InChI is InChI=1S/C31H35N3O3/c1-30(2,3)21-13-18(14-22(28(21)35)31(4,5)6)34-25-16-27(37-8)26(36-7)15-24(25)33-29(34)20-17-32-23-12-10-9-11-19(20)23/h9-17,32,35H,1-8H3. The number of aromatic nitrogens is 3. The SMILES string of the molecule is COc1cc2nc(-c3c[nH]c4ccccc34)n(-c3cc(C(C)(C)C)c(O)c(C(C)(C)C)c3)c2cc1OC. The molecular weight excluding hydrogens is 462 g/mol. The number of nitrogens with zero attached hydrogens (tertiary/aromatic N) is 2. The fourth-order valence-electron chi connectivity index (χ4n) is 4.99. The lowest BCUT2D eigenvalue weighted by molar-refractivity contribution is 0.355. The Hall–Kier alpha value is -3.93. The third-order valence-electron chi connectivity index (χ3n) is 6.96. The minimum absolute atomic E-state index is 0.266. The molecular formula is C31H35N3O3. The van der Waals surface area contributed by atoms with Gasteiger partial charge in [-0.2, -0.15) is 0 Å². The first-order chi connectivity index (χ1) is 17.4. The Kier molecular flexibility index (Phi) is 5.74. The molecule has 0 spiro atoms. The second-order valence-corrected chi connectivity index (χ2v) is 11.6. The van der Waals surface area contributed by atoms with Crippen molar-refractivity contribution in [2.45, 2.75) is 52.4 Å². The van der Waals surface area contributed by atoms with Gasteiger partial charge in [-0.05, 0) is 29.0 Å². The number of hydrogen-bond donors (Lipinski definition) is 2. The van der Waals surface area contributed by atoms with E-state index >= 15 is 0 Å². The molecule has 0 aliphatic rings. The number of imidazole rings is 1. The zero-order valence-electron chi connectivity index (χ0n) is 22.9. The van der Waals surface area contributed by atoms with E-state index in [2.05, 4.69) is 75.4 Å². The van der Waals surface area contributed by atoms with Gasteiger partial charge >= 0.3 is 0 Å². The Labute approximate surface area is 217 Å². The van der Waals surface area contributed by atoms with Crippen molar-refractivity contribution in [2.24, 2.45) is 0 Å². The smallest absolute Gasteiger partial charge is 0.163 e. The summed E-state index contributed by atoms with van der Waals surface area (Å²) in [6.45, 7) is 12.7. The molecule has 0 saturated heterocycles. The van der Waals surface area contributed by atoms with Crippen molar-refractivity contribution in [1.82, 2.24) is 14.5 Å². The van der Waals surface area contributed by atoms with Crippen LogP contribution in [-0.2, 0) is 10.8 Å². The summed E-state index contributed by atoms with van der Waals surface area (Å²) >= 11 is 0. The summed E-state index contributed by atoms with van der Waals surface area (Å²) in [5.74, 6) is 2.41. The molecule has 0 aliphatic carbocycles. The monoisotopic (exact) mass is 497 g/mol. The molecule has 2 heterocycles. The van der Waals surface area contributed by atoms with Crippen LogP contribution < -0.4 is 9.47 Å². The molecule has 6 nitrogen and oxygen atoms in total. The lowest BCUT2D eigenvalue weighted by Crippen LogP contribution is -2.18. The molecule has 0 radical (unpaired) electrons. The normalized spacial score (nSPS) is 12.4. The molecule has 0 fully saturated rings. The molecule has 0 amide bonds. The highest BCUT2D eigenvalue weighted by molar-refractivity contribution is 5.97. The van der Waals surface area contributed by atoms with Crippen molar-refractivity contribution < 1.29 is 14.6 Å². The quantitative estimate of drug-likeness (QED) is 0.270. The van der Waals surface area contributed by atoms with Crippen LogP contribution >= 0.6 is 0 Å².